The van der Waals surface area contributed by atoms with Gasteiger partial charge in [-0.3, -0.25) is 4.98 Å². The molecule has 126 valence electrons. The summed E-state index contributed by atoms with van der Waals surface area (Å²) in [6, 6.07) is 17.8. The highest BCUT2D eigenvalue weighted by Gasteiger charge is 2.17. The van der Waals surface area contributed by atoms with Crippen LogP contribution in [0, 0.1) is 6.92 Å². The SMILES string of the molecule is Cc1cccc(-c2ccnc(CC3CC(c4cccs4)=CCN3)c2)c1. The molecule has 2 nitrogen and oxygen atoms in total. The van der Waals surface area contributed by atoms with Crippen LogP contribution in [0.3, 0.4) is 0 Å². The van der Waals surface area contributed by atoms with Crippen molar-refractivity contribution in [2.45, 2.75) is 25.8 Å². The third kappa shape index (κ3) is 3.89. The van der Waals surface area contributed by atoms with Crippen molar-refractivity contribution in [1.29, 1.82) is 0 Å². The summed E-state index contributed by atoms with van der Waals surface area (Å²) in [6.07, 6.45) is 6.28. The summed E-state index contributed by atoms with van der Waals surface area (Å²) in [5.74, 6) is 0. The van der Waals surface area contributed by atoms with Crippen LogP contribution in [0.4, 0.5) is 0 Å². The Balaban J connectivity index is 1.50. The number of nitrogens with zero attached hydrogens (tertiary/aromatic N) is 1. The zero-order valence-electron chi connectivity index (χ0n) is 14.4. The largest absolute Gasteiger partial charge is 0.310 e. The second-order valence-electron chi connectivity index (χ2n) is 6.63. The van der Waals surface area contributed by atoms with Crippen molar-refractivity contribution in [2.24, 2.45) is 0 Å². The summed E-state index contributed by atoms with van der Waals surface area (Å²) in [6.45, 7) is 3.07. The van der Waals surface area contributed by atoms with E-state index in [4.69, 9.17) is 0 Å². The van der Waals surface area contributed by atoms with E-state index in [9.17, 15) is 0 Å². The van der Waals surface area contributed by atoms with E-state index in [1.165, 1.54) is 27.1 Å². The average molecular weight is 346 g/mol. The van der Waals surface area contributed by atoms with Crippen molar-refractivity contribution >= 4 is 16.9 Å². The lowest BCUT2D eigenvalue weighted by Crippen LogP contribution is -2.34. The second-order valence-corrected chi connectivity index (χ2v) is 7.57. The highest BCUT2D eigenvalue weighted by Crippen LogP contribution is 2.28. The van der Waals surface area contributed by atoms with Crippen LogP contribution in [0.25, 0.3) is 16.7 Å². The molecule has 0 fully saturated rings. The number of pyridine rings is 1. The molecule has 1 aromatic carbocycles. The van der Waals surface area contributed by atoms with Gasteiger partial charge < -0.3 is 5.32 Å². The molecular weight excluding hydrogens is 324 g/mol. The topological polar surface area (TPSA) is 24.9 Å². The lowest BCUT2D eigenvalue weighted by Gasteiger charge is -2.24. The van der Waals surface area contributed by atoms with Gasteiger partial charge in [0.15, 0.2) is 0 Å². The van der Waals surface area contributed by atoms with Crippen molar-refractivity contribution in [3.63, 3.8) is 0 Å². The molecule has 0 radical (unpaired) electrons. The molecule has 3 aromatic rings. The Bertz CT molecular complexity index is 881. The Morgan fingerprint density at radius 2 is 2.04 bits per heavy atom. The van der Waals surface area contributed by atoms with E-state index < -0.39 is 0 Å². The Labute approximate surface area is 153 Å². The summed E-state index contributed by atoms with van der Waals surface area (Å²) >= 11 is 1.83. The number of hydrogen-bond donors (Lipinski definition) is 1. The minimum absolute atomic E-state index is 0.447. The van der Waals surface area contributed by atoms with Crippen molar-refractivity contribution in [3.8, 4) is 11.1 Å². The smallest absolute Gasteiger partial charge is 0.0425 e. The highest BCUT2D eigenvalue weighted by atomic mass is 32.1. The molecule has 3 heteroatoms. The predicted molar refractivity (Wildman–Crippen MR) is 107 cm³/mol. The van der Waals surface area contributed by atoms with Crippen LogP contribution in [-0.2, 0) is 6.42 Å². The maximum Gasteiger partial charge on any atom is 0.0425 e. The van der Waals surface area contributed by atoms with Gasteiger partial charge in [-0.25, -0.2) is 0 Å². The summed E-state index contributed by atoms with van der Waals surface area (Å²) in [4.78, 5) is 6.01. The summed E-state index contributed by atoms with van der Waals surface area (Å²) in [7, 11) is 0. The highest BCUT2D eigenvalue weighted by molar-refractivity contribution is 7.11. The molecule has 2 aromatic heterocycles. The fraction of sp³-hybridized carbons (Fsp3) is 0.227. The van der Waals surface area contributed by atoms with Crippen molar-refractivity contribution < 1.29 is 0 Å². The van der Waals surface area contributed by atoms with Gasteiger partial charge in [0, 0.05) is 35.8 Å². The standard InChI is InChI=1S/C22H22N2S/c1-16-4-2-5-17(12-16)18-7-9-23-20(13-18)15-21-14-19(8-10-24-21)22-6-3-11-25-22/h2-9,11-13,21,24H,10,14-15H2,1H3. The van der Waals surface area contributed by atoms with Crippen molar-refractivity contribution in [1.82, 2.24) is 10.3 Å². The molecule has 4 rings (SSSR count). The van der Waals surface area contributed by atoms with Crippen LogP contribution in [0.1, 0.15) is 22.6 Å². The maximum absolute atomic E-state index is 4.61. The van der Waals surface area contributed by atoms with Gasteiger partial charge >= 0.3 is 0 Å². The normalized spacial score (nSPS) is 17.3. The molecule has 0 saturated heterocycles. The minimum atomic E-state index is 0.447. The fourth-order valence-corrected chi connectivity index (χ4v) is 4.20. The fourth-order valence-electron chi connectivity index (χ4n) is 3.42. The number of thiophene rings is 1. The molecule has 25 heavy (non-hydrogen) atoms. The first kappa shape index (κ1) is 16.2. The Morgan fingerprint density at radius 3 is 2.88 bits per heavy atom. The van der Waals surface area contributed by atoms with Crippen LogP contribution in [0.2, 0.25) is 0 Å². The van der Waals surface area contributed by atoms with Gasteiger partial charge in [0.2, 0.25) is 0 Å². The molecule has 0 bridgehead atoms. The third-order valence-electron chi connectivity index (χ3n) is 4.68. The minimum Gasteiger partial charge on any atom is -0.310 e. The first-order chi connectivity index (χ1) is 12.3. The maximum atomic E-state index is 4.61. The molecule has 1 aliphatic heterocycles. The van der Waals surface area contributed by atoms with Crippen molar-refractivity contribution in [3.05, 3.63) is 82.3 Å². The number of rotatable bonds is 4. The molecule has 1 unspecified atom stereocenters. The van der Waals surface area contributed by atoms with Gasteiger partial charge in [0.05, 0.1) is 0 Å². The van der Waals surface area contributed by atoms with Crippen molar-refractivity contribution in [2.75, 3.05) is 6.54 Å². The van der Waals surface area contributed by atoms with Crippen LogP contribution in [0.5, 0.6) is 0 Å². The Hall–Kier alpha value is -2.23. The van der Waals surface area contributed by atoms with Gasteiger partial charge in [0.1, 0.15) is 0 Å². The van der Waals surface area contributed by atoms with Gasteiger partial charge in [-0.15, -0.1) is 11.3 Å². The molecular formula is C22H22N2S. The van der Waals surface area contributed by atoms with E-state index in [0.29, 0.717) is 6.04 Å². The van der Waals surface area contributed by atoms with Gasteiger partial charge in [-0.05, 0) is 53.6 Å². The zero-order valence-corrected chi connectivity index (χ0v) is 15.2. The Morgan fingerprint density at radius 1 is 1.12 bits per heavy atom. The molecule has 0 saturated carbocycles. The zero-order chi connectivity index (χ0) is 17.1. The van der Waals surface area contributed by atoms with Gasteiger partial charge in [0.25, 0.3) is 0 Å². The first-order valence-electron chi connectivity index (χ1n) is 8.76. The number of nitrogens with one attached hydrogen (secondary N) is 1. The average Bonchev–Trinajstić information content (AvgIpc) is 3.17. The molecule has 0 spiro atoms. The molecule has 1 aliphatic rings. The van der Waals surface area contributed by atoms with Crippen LogP contribution in [0.15, 0.2) is 66.2 Å². The second kappa shape index (κ2) is 7.34. The van der Waals surface area contributed by atoms with E-state index in [1.54, 1.807) is 0 Å². The number of benzene rings is 1. The molecule has 1 atom stereocenters. The van der Waals surface area contributed by atoms with Crippen LogP contribution >= 0.6 is 11.3 Å². The molecule has 3 heterocycles. The Kier molecular flexibility index (Phi) is 4.77. The van der Waals surface area contributed by atoms with Gasteiger partial charge in [-0.1, -0.05) is 42.0 Å². The quantitative estimate of drug-likeness (QED) is 0.710. The monoisotopic (exact) mass is 346 g/mol. The van der Waals surface area contributed by atoms with E-state index in [-0.39, 0.29) is 0 Å². The number of aromatic nitrogens is 1. The van der Waals surface area contributed by atoms with Crippen LogP contribution in [-0.4, -0.2) is 17.6 Å². The van der Waals surface area contributed by atoms with E-state index in [0.717, 1.165) is 25.1 Å². The molecule has 0 aliphatic carbocycles. The summed E-state index contributed by atoms with van der Waals surface area (Å²) in [5, 5.41) is 5.77. The lowest BCUT2D eigenvalue weighted by molar-refractivity contribution is 0.528. The molecule has 1 N–H and O–H groups in total. The van der Waals surface area contributed by atoms with E-state index in [2.05, 4.69) is 77.2 Å². The summed E-state index contributed by atoms with van der Waals surface area (Å²) in [5.41, 5.74) is 6.42. The van der Waals surface area contributed by atoms with E-state index >= 15 is 0 Å². The third-order valence-corrected chi connectivity index (χ3v) is 5.63. The lowest BCUT2D eigenvalue weighted by atomic mass is 9.96. The first-order valence-corrected chi connectivity index (χ1v) is 9.64. The summed E-state index contributed by atoms with van der Waals surface area (Å²) < 4.78 is 0. The molecule has 0 amide bonds. The number of aryl methyl sites for hydroxylation is 1. The van der Waals surface area contributed by atoms with Crippen LogP contribution < -0.4 is 5.32 Å². The predicted octanol–water partition coefficient (Wildman–Crippen LogP) is 5.11. The van der Waals surface area contributed by atoms with Gasteiger partial charge in [-0.2, -0.15) is 0 Å². The van der Waals surface area contributed by atoms with E-state index in [1.807, 2.05) is 17.5 Å². The number of hydrogen-bond acceptors (Lipinski definition) is 3.